The van der Waals surface area contributed by atoms with Crippen LogP contribution in [0.5, 0.6) is 0 Å². The van der Waals surface area contributed by atoms with Crippen molar-refractivity contribution in [2.75, 3.05) is 0 Å². The molecule has 0 heterocycles. The van der Waals surface area contributed by atoms with E-state index in [4.69, 9.17) is 0 Å². The molecule has 0 radical (unpaired) electrons. The Balaban J connectivity index is 2.05. The molecule has 0 saturated carbocycles. The Kier molecular flexibility index (Phi) is 2.10. The first kappa shape index (κ1) is 12.9. The lowest BCUT2D eigenvalue weighted by Gasteiger charge is -2.19. The van der Waals surface area contributed by atoms with Gasteiger partial charge in [-0.2, -0.15) is 0 Å². The third-order valence-electron chi connectivity index (χ3n) is 6.14. The van der Waals surface area contributed by atoms with E-state index >= 15 is 0 Å². The number of hydrogen-bond donors (Lipinski definition) is 0. The molecule has 7 rings (SSSR count). The molecule has 0 bridgehead atoms. The minimum Gasteiger partial charge on any atom is -0.0616 e. The maximum atomic E-state index is 2.32. The lowest BCUT2D eigenvalue weighted by Crippen LogP contribution is -1.91. The second-order valence-corrected chi connectivity index (χ2v) is 7.33. The molecule has 7 aromatic rings. The van der Waals surface area contributed by atoms with Crippen LogP contribution in [0.1, 0.15) is 0 Å². The molecule has 0 N–H and O–H groups in total. The van der Waals surface area contributed by atoms with E-state index in [-0.39, 0.29) is 0 Å². The van der Waals surface area contributed by atoms with E-state index in [1.165, 1.54) is 64.6 Å². The van der Waals surface area contributed by atoms with E-state index in [1.54, 1.807) is 0 Å². The molecule has 0 aliphatic rings. The molecular formula is C26H14. The Bertz CT molecular complexity index is 1620. The molecule has 0 nitrogen and oxygen atoms in total. The highest BCUT2D eigenvalue weighted by Crippen LogP contribution is 2.47. The van der Waals surface area contributed by atoms with Crippen LogP contribution < -0.4 is 0 Å². The summed E-state index contributed by atoms with van der Waals surface area (Å²) in [5, 5.41) is 16.5. The van der Waals surface area contributed by atoms with Crippen molar-refractivity contribution in [3.63, 3.8) is 0 Å². The highest BCUT2D eigenvalue weighted by Gasteiger charge is 2.18. The number of fused-ring (bicyclic) bond motifs is 4. The first-order valence-corrected chi connectivity index (χ1v) is 9.14. The van der Waals surface area contributed by atoms with Crippen molar-refractivity contribution in [3.8, 4) is 0 Å². The van der Waals surface area contributed by atoms with E-state index in [0.29, 0.717) is 0 Å². The summed E-state index contributed by atoms with van der Waals surface area (Å²) in [6, 6.07) is 31.5. The topological polar surface area (TPSA) is 0 Å². The molecule has 0 fully saturated rings. The zero-order chi connectivity index (χ0) is 16.8. The molecule has 26 heavy (non-hydrogen) atoms. The van der Waals surface area contributed by atoms with Gasteiger partial charge in [-0.3, -0.25) is 0 Å². The summed E-state index contributed by atoms with van der Waals surface area (Å²) >= 11 is 0. The van der Waals surface area contributed by atoms with Crippen molar-refractivity contribution in [1.82, 2.24) is 0 Å². The average Bonchev–Trinajstić information content (AvgIpc) is 2.72. The van der Waals surface area contributed by atoms with Crippen LogP contribution >= 0.6 is 0 Å². The van der Waals surface area contributed by atoms with Gasteiger partial charge < -0.3 is 0 Å². The standard InChI is InChI=1S/C26H14/c1-2-7-18-17(6-1)19-9-4-10-21-20-8-3-5-15-11-12-16-13-14-22(18)26(25(19)21)24(16)23(15)20/h1-14H. The predicted molar refractivity (Wildman–Crippen MR) is 114 cm³/mol. The molecule has 0 spiro atoms. The number of hydrogen-bond acceptors (Lipinski definition) is 0. The largest absolute Gasteiger partial charge is 0.0616 e. The third-order valence-corrected chi connectivity index (χ3v) is 6.14. The van der Waals surface area contributed by atoms with Crippen molar-refractivity contribution < 1.29 is 0 Å². The predicted octanol–water partition coefficient (Wildman–Crippen LogP) is 7.48. The summed E-state index contributed by atoms with van der Waals surface area (Å²) in [6.07, 6.45) is 0. The van der Waals surface area contributed by atoms with Crippen molar-refractivity contribution in [3.05, 3.63) is 84.9 Å². The second-order valence-electron chi connectivity index (χ2n) is 7.33. The Labute approximate surface area is 149 Å². The molecule has 7 aromatic carbocycles. The van der Waals surface area contributed by atoms with Crippen LogP contribution in [0.25, 0.3) is 64.6 Å². The highest BCUT2D eigenvalue weighted by atomic mass is 14.2. The van der Waals surface area contributed by atoms with Gasteiger partial charge in [0.15, 0.2) is 0 Å². The highest BCUT2D eigenvalue weighted by molar-refractivity contribution is 6.44. The second kappa shape index (κ2) is 4.23. The number of rotatable bonds is 0. The minimum absolute atomic E-state index is 1.33. The van der Waals surface area contributed by atoms with Crippen LogP contribution in [0.4, 0.5) is 0 Å². The molecule has 0 atom stereocenters. The smallest absolute Gasteiger partial charge is 0.000763 e. The summed E-state index contributed by atoms with van der Waals surface area (Å²) in [5.41, 5.74) is 0. The van der Waals surface area contributed by atoms with E-state index < -0.39 is 0 Å². The maximum Gasteiger partial charge on any atom is -0.000763 e. The van der Waals surface area contributed by atoms with Gasteiger partial charge in [-0.15, -0.1) is 0 Å². The molecule has 0 amide bonds. The first-order chi connectivity index (χ1) is 12.9. The van der Waals surface area contributed by atoms with Crippen LogP contribution in [0, 0.1) is 0 Å². The average molecular weight is 326 g/mol. The quantitative estimate of drug-likeness (QED) is 0.200. The molecule has 118 valence electrons. The van der Waals surface area contributed by atoms with Gasteiger partial charge in [0, 0.05) is 0 Å². The number of benzene rings is 7. The van der Waals surface area contributed by atoms with Gasteiger partial charge in [0.2, 0.25) is 0 Å². The SMILES string of the molecule is c1ccc2c(c1)c1cccc3c4cccc5ccc6ccc2c(c13)c6c54. The van der Waals surface area contributed by atoms with Gasteiger partial charge >= 0.3 is 0 Å². The fourth-order valence-corrected chi connectivity index (χ4v) is 5.13. The van der Waals surface area contributed by atoms with Gasteiger partial charge in [-0.25, -0.2) is 0 Å². The van der Waals surface area contributed by atoms with Crippen LogP contribution in [0.15, 0.2) is 84.9 Å². The Morgan fingerprint density at radius 2 is 0.769 bits per heavy atom. The summed E-state index contributed by atoms with van der Waals surface area (Å²) in [5.74, 6) is 0. The molecule has 0 aromatic heterocycles. The lowest BCUT2D eigenvalue weighted by molar-refractivity contribution is 1.79. The Morgan fingerprint density at radius 1 is 0.269 bits per heavy atom. The van der Waals surface area contributed by atoms with Crippen molar-refractivity contribution in [2.45, 2.75) is 0 Å². The van der Waals surface area contributed by atoms with Crippen LogP contribution in [-0.2, 0) is 0 Å². The van der Waals surface area contributed by atoms with Crippen LogP contribution in [-0.4, -0.2) is 0 Å². The van der Waals surface area contributed by atoms with Crippen LogP contribution in [0.3, 0.4) is 0 Å². The summed E-state index contributed by atoms with van der Waals surface area (Å²) in [7, 11) is 0. The fourth-order valence-electron chi connectivity index (χ4n) is 5.13. The minimum atomic E-state index is 1.33. The molecule has 0 aliphatic carbocycles. The van der Waals surface area contributed by atoms with E-state index in [9.17, 15) is 0 Å². The summed E-state index contributed by atoms with van der Waals surface area (Å²) in [6.45, 7) is 0. The van der Waals surface area contributed by atoms with Crippen LogP contribution in [0.2, 0.25) is 0 Å². The zero-order valence-corrected chi connectivity index (χ0v) is 14.1. The van der Waals surface area contributed by atoms with E-state index in [0.717, 1.165) is 0 Å². The maximum absolute atomic E-state index is 2.32. The summed E-state index contributed by atoms with van der Waals surface area (Å²) in [4.78, 5) is 0. The van der Waals surface area contributed by atoms with Crippen molar-refractivity contribution in [1.29, 1.82) is 0 Å². The normalized spacial score (nSPS) is 12.6. The monoisotopic (exact) mass is 326 g/mol. The lowest BCUT2D eigenvalue weighted by atomic mass is 9.83. The van der Waals surface area contributed by atoms with Gasteiger partial charge in [-0.1, -0.05) is 84.9 Å². The third kappa shape index (κ3) is 1.32. The Morgan fingerprint density at radius 3 is 1.54 bits per heavy atom. The molecule has 0 saturated heterocycles. The van der Waals surface area contributed by atoms with Gasteiger partial charge in [0.25, 0.3) is 0 Å². The van der Waals surface area contributed by atoms with Gasteiger partial charge in [-0.05, 0) is 64.6 Å². The van der Waals surface area contributed by atoms with Crippen molar-refractivity contribution in [2.24, 2.45) is 0 Å². The van der Waals surface area contributed by atoms with E-state index in [2.05, 4.69) is 84.9 Å². The zero-order valence-electron chi connectivity index (χ0n) is 14.1. The molecule has 0 unspecified atom stereocenters. The van der Waals surface area contributed by atoms with E-state index in [1.807, 2.05) is 0 Å². The Hall–Kier alpha value is -3.38. The summed E-state index contributed by atoms with van der Waals surface area (Å²) < 4.78 is 0. The fraction of sp³-hybridized carbons (Fsp3) is 0. The van der Waals surface area contributed by atoms with Gasteiger partial charge in [0.1, 0.15) is 0 Å². The molecule has 0 heteroatoms. The first-order valence-electron chi connectivity index (χ1n) is 9.14. The van der Waals surface area contributed by atoms with Gasteiger partial charge in [0.05, 0.1) is 0 Å². The molecule has 0 aliphatic heterocycles. The van der Waals surface area contributed by atoms with Crippen molar-refractivity contribution >= 4 is 64.6 Å². The molecular weight excluding hydrogens is 312 g/mol.